The number of halogens is 2. The molecular weight excluding hydrogens is 253 g/mol. The van der Waals surface area contributed by atoms with Crippen molar-refractivity contribution in [3.63, 3.8) is 0 Å². The minimum absolute atomic E-state index is 0.404. The Bertz CT molecular complexity index is 536. The first-order chi connectivity index (χ1) is 8.15. The normalized spacial score (nSPS) is 10.6. The minimum Gasteiger partial charge on any atom is -0.326 e. The van der Waals surface area contributed by atoms with Crippen LogP contribution >= 0.6 is 23.2 Å². The van der Waals surface area contributed by atoms with Crippen LogP contribution in [0, 0.1) is 6.92 Å². The fourth-order valence-electron chi connectivity index (χ4n) is 1.85. The monoisotopic (exact) mass is 265 g/mol. The van der Waals surface area contributed by atoms with Gasteiger partial charge in [0, 0.05) is 11.6 Å². The van der Waals surface area contributed by atoms with E-state index in [0.29, 0.717) is 16.6 Å². The van der Waals surface area contributed by atoms with Crippen molar-refractivity contribution < 1.29 is 0 Å². The van der Waals surface area contributed by atoms with E-state index in [4.69, 9.17) is 28.9 Å². The van der Waals surface area contributed by atoms with Crippen molar-refractivity contribution >= 4 is 23.2 Å². The number of rotatable bonds is 2. The summed E-state index contributed by atoms with van der Waals surface area (Å²) in [5.41, 5.74) is 9.70. The maximum Gasteiger partial charge on any atom is 0.0501 e. The Hall–Kier alpha value is -1.02. The number of nitrogens with two attached hydrogens (primary N) is 1. The zero-order chi connectivity index (χ0) is 12.4. The molecule has 2 aromatic rings. The molecule has 2 aromatic carbocycles. The van der Waals surface area contributed by atoms with Crippen molar-refractivity contribution in [1.29, 1.82) is 0 Å². The van der Waals surface area contributed by atoms with E-state index in [0.717, 1.165) is 22.3 Å². The molecule has 0 radical (unpaired) electrons. The molecule has 2 N–H and O–H groups in total. The summed E-state index contributed by atoms with van der Waals surface area (Å²) in [5, 5.41) is 1.34. The van der Waals surface area contributed by atoms with E-state index < -0.39 is 0 Å². The van der Waals surface area contributed by atoms with Gasteiger partial charge in [0.25, 0.3) is 0 Å². The van der Waals surface area contributed by atoms with Crippen molar-refractivity contribution in [2.75, 3.05) is 0 Å². The molecule has 2 rings (SSSR count). The highest BCUT2D eigenvalue weighted by molar-refractivity contribution is 6.37. The Labute approximate surface area is 111 Å². The Morgan fingerprint density at radius 2 is 1.76 bits per heavy atom. The van der Waals surface area contributed by atoms with E-state index in [1.165, 1.54) is 0 Å². The second-order valence-corrected chi connectivity index (χ2v) is 4.68. The molecule has 0 spiro atoms. The fraction of sp³-hybridized carbons (Fsp3) is 0.143. The third-order valence-corrected chi connectivity index (χ3v) is 3.74. The lowest BCUT2D eigenvalue weighted by Gasteiger charge is -2.13. The summed E-state index contributed by atoms with van der Waals surface area (Å²) >= 11 is 12.5. The summed E-state index contributed by atoms with van der Waals surface area (Å²) in [6, 6.07) is 11.9. The predicted octanol–water partition coefficient (Wildman–Crippen LogP) is 4.43. The van der Waals surface area contributed by atoms with E-state index >= 15 is 0 Å². The summed E-state index contributed by atoms with van der Waals surface area (Å²) in [4.78, 5) is 0. The molecule has 0 aromatic heterocycles. The van der Waals surface area contributed by atoms with Gasteiger partial charge in [-0.25, -0.2) is 0 Å². The standard InChI is InChI=1S/C14H13Cl2N/c1-9-13(15)7-11(12(8-17)14(9)16)10-5-3-2-4-6-10/h2-7H,8,17H2,1H3. The molecule has 0 unspecified atom stereocenters. The molecule has 3 heteroatoms. The molecule has 0 atom stereocenters. The highest BCUT2D eigenvalue weighted by Crippen LogP contribution is 2.35. The molecule has 0 saturated carbocycles. The van der Waals surface area contributed by atoms with Gasteiger partial charge >= 0.3 is 0 Å². The molecule has 0 aliphatic carbocycles. The molecular formula is C14H13Cl2N. The SMILES string of the molecule is Cc1c(Cl)cc(-c2ccccc2)c(CN)c1Cl. The minimum atomic E-state index is 0.404. The van der Waals surface area contributed by atoms with Crippen LogP contribution in [0.3, 0.4) is 0 Å². The van der Waals surface area contributed by atoms with Crippen LogP contribution in [-0.4, -0.2) is 0 Å². The smallest absolute Gasteiger partial charge is 0.0501 e. The fourth-order valence-corrected chi connectivity index (χ4v) is 2.38. The van der Waals surface area contributed by atoms with E-state index in [-0.39, 0.29) is 0 Å². The summed E-state index contributed by atoms with van der Waals surface area (Å²) in [6.45, 7) is 2.31. The Morgan fingerprint density at radius 1 is 1.12 bits per heavy atom. The predicted molar refractivity (Wildman–Crippen MR) is 74.5 cm³/mol. The van der Waals surface area contributed by atoms with Crippen LogP contribution in [0.2, 0.25) is 10.0 Å². The Kier molecular flexibility index (Phi) is 3.72. The lowest BCUT2D eigenvalue weighted by Crippen LogP contribution is -2.02. The molecule has 1 nitrogen and oxygen atoms in total. The average Bonchev–Trinajstić information content (AvgIpc) is 2.36. The van der Waals surface area contributed by atoms with E-state index in [9.17, 15) is 0 Å². The van der Waals surface area contributed by atoms with Crippen molar-refractivity contribution in [1.82, 2.24) is 0 Å². The van der Waals surface area contributed by atoms with Gasteiger partial charge in [-0.05, 0) is 35.2 Å². The Morgan fingerprint density at radius 3 is 2.35 bits per heavy atom. The second-order valence-electron chi connectivity index (χ2n) is 3.89. The molecule has 0 saturated heterocycles. The number of benzene rings is 2. The zero-order valence-corrected chi connectivity index (χ0v) is 11.0. The largest absolute Gasteiger partial charge is 0.326 e. The van der Waals surface area contributed by atoms with Gasteiger partial charge in [-0.1, -0.05) is 53.5 Å². The van der Waals surface area contributed by atoms with Crippen molar-refractivity contribution in [2.45, 2.75) is 13.5 Å². The molecule has 0 heterocycles. The van der Waals surface area contributed by atoms with Crippen LogP contribution in [0.4, 0.5) is 0 Å². The second kappa shape index (κ2) is 5.09. The highest BCUT2D eigenvalue weighted by atomic mass is 35.5. The molecule has 0 fully saturated rings. The van der Waals surface area contributed by atoms with E-state index in [2.05, 4.69) is 0 Å². The van der Waals surface area contributed by atoms with Gasteiger partial charge in [0.15, 0.2) is 0 Å². The molecule has 0 aliphatic rings. The molecule has 0 amide bonds. The van der Waals surface area contributed by atoms with Gasteiger partial charge in [-0.2, -0.15) is 0 Å². The topological polar surface area (TPSA) is 26.0 Å². The summed E-state index contributed by atoms with van der Waals surface area (Å²) < 4.78 is 0. The van der Waals surface area contributed by atoms with Crippen LogP contribution in [0.5, 0.6) is 0 Å². The van der Waals surface area contributed by atoms with Crippen LogP contribution in [0.25, 0.3) is 11.1 Å². The number of hydrogen-bond donors (Lipinski definition) is 1. The third-order valence-electron chi connectivity index (χ3n) is 2.84. The van der Waals surface area contributed by atoms with Gasteiger partial charge in [0.2, 0.25) is 0 Å². The molecule has 0 aliphatic heterocycles. The van der Waals surface area contributed by atoms with E-state index in [1.54, 1.807) is 0 Å². The lowest BCUT2D eigenvalue weighted by atomic mass is 9.97. The number of hydrogen-bond acceptors (Lipinski definition) is 1. The first kappa shape index (κ1) is 12.4. The molecule has 17 heavy (non-hydrogen) atoms. The van der Waals surface area contributed by atoms with Crippen LogP contribution in [0.15, 0.2) is 36.4 Å². The first-order valence-electron chi connectivity index (χ1n) is 5.38. The highest BCUT2D eigenvalue weighted by Gasteiger charge is 2.13. The first-order valence-corrected chi connectivity index (χ1v) is 6.13. The van der Waals surface area contributed by atoms with Gasteiger partial charge in [0.1, 0.15) is 0 Å². The van der Waals surface area contributed by atoms with Crippen LogP contribution < -0.4 is 5.73 Å². The Balaban J connectivity index is 2.70. The average molecular weight is 266 g/mol. The lowest BCUT2D eigenvalue weighted by molar-refractivity contribution is 1.07. The van der Waals surface area contributed by atoms with Gasteiger partial charge in [-0.3, -0.25) is 0 Å². The van der Waals surface area contributed by atoms with Crippen molar-refractivity contribution in [2.24, 2.45) is 5.73 Å². The third kappa shape index (κ3) is 2.32. The molecule has 0 bridgehead atoms. The van der Waals surface area contributed by atoms with E-state index in [1.807, 2.05) is 43.3 Å². The van der Waals surface area contributed by atoms with Crippen LogP contribution in [-0.2, 0) is 6.54 Å². The maximum absolute atomic E-state index is 6.29. The van der Waals surface area contributed by atoms with Crippen molar-refractivity contribution in [3.05, 3.63) is 57.6 Å². The van der Waals surface area contributed by atoms with Crippen molar-refractivity contribution in [3.8, 4) is 11.1 Å². The summed E-state index contributed by atoms with van der Waals surface area (Å²) in [7, 11) is 0. The maximum atomic E-state index is 6.29. The van der Waals surface area contributed by atoms with Gasteiger partial charge < -0.3 is 5.73 Å². The quantitative estimate of drug-likeness (QED) is 0.855. The van der Waals surface area contributed by atoms with Gasteiger partial charge in [-0.15, -0.1) is 0 Å². The van der Waals surface area contributed by atoms with Gasteiger partial charge in [0.05, 0.1) is 5.02 Å². The molecule has 88 valence electrons. The van der Waals surface area contributed by atoms with Crippen LogP contribution in [0.1, 0.15) is 11.1 Å². The summed E-state index contributed by atoms with van der Waals surface area (Å²) in [6.07, 6.45) is 0. The summed E-state index contributed by atoms with van der Waals surface area (Å²) in [5.74, 6) is 0. The zero-order valence-electron chi connectivity index (χ0n) is 9.50.